The molecule has 5 aromatic carbocycles. The van der Waals surface area contributed by atoms with Gasteiger partial charge in [0.05, 0.1) is 0 Å². The van der Waals surface area contributed by atoms with Gasteiger partial charge in [0.15, 0.2) is 11.6 Å². The normalized spacial score (nSPS) is 10.1. The molecule has 0 aliphatic carbocycles. The molecular formula is C36H20F2O2. The van der Waals surface area contributed by atoms with Crippen molar-refractivity contribution in [3.63, 3.8) is 0 Å². The third-order valence-corrected chi connectivity index (χ3v) is 6.09. The average molecular weight is 523 g/mol. The van der Waals surface area contributed by atoms with Crippen LogP contribution in [0.3, 0.4) is 0 Å². The minimum absolute atomic E-state index is 0.175. The predicted molar refractivity (Wildman–Crippen MR) is 151 cm³/mol. The Labute approximate surface area is 231 Å². The van der Waals surface area contributed by atoms with Crippen molar-refractivity contribution >= 4 is 11.6 Å². The average Bonchev–Trinajstić information content (AvgIpc) is 3.00. The monoisotopic (exact) mass is 522 g/mol. The van der Waals surface area contributed by atoms with Gasteiger partial charge in [0.25, 0.3) is 0 Å². The number of hydrogen-bond donors (Lipinski definition) is 0. The molecule has 0 aliphatic rings. The van der Waals surface area contributed by atoms with Crippen LogP contribution < -0.4 is 0 Å². The third-order valence-electron chi connectivity index (χ3n) is 6.09. The van der Waals surface area contributed by atoms with Gasteiger partial charge in [0, 0.05) is 44.5 Å². The van der Waals surface area contributed by atoms with Crippen molar-refractivity contribution in [1.82, 2.24) is 0 Å². The van der Waals surface area contributed by atoms with Gasteiger partial charge in [-0.2, -0.15) is 0 Å². The van der Waals surface area contributed by atoms with Crippen LogP contribution in [0.2, 0.25) is 0 Å². The Kier molecular flexibility index (Phi) is 7.72. The number of hydrogen-bond acceptors (Lipinski definition) is 2. The van der Waals surface area contributed by atoms with Gasteiger partial charge in [-0.1, -0.05) is 23.7 Å². The van der Waals surface area contributed by atoms with Crippen molar-refractivity contribution in [3.8, 4) is 23.7 Å². The maximum atomic E-state index is 13.1. The van der Waals surface area contributed by atoms with Crippen LogP contribution in [0.5, 0.6) is 0 Å². The Hall–Kier alpha value is -5.58. The first-order chi connectivity index (χ1) is 19.4. The number of benzene rings is 5. The molecule has 0 heterocycles. The quantitative estimate of drug-likeness (QED) is 0.184. The summed E-state index contributed by atoms with van der Waals surface area (Å²) < 4.78 is 26.2. The molecule has 190 valence electrons. The van der Waals surface area contributed by atoms with Crippen molar-refractivity contribution in [3.05, 3.63) is 177 Å². The van der Waals surface area contributed by atoms with E-state index in [1.54, 1.807) is 48.5 Å². The lowest BCUT2D eigenvalue weighted by Crippen LogP contribution is -2.01. The fraction of sp³-hybridized carbons (Fsp3) is 0. The summed E-state index contributed by atoms with van der Waals surface area (Å²) in [6.07, 6.45) is 0. The molecule has 0 radical (unpaired) electrons. The fourth-order valence-corrected chi connectivity index (χ4v) is 3.87. The fourth-order valence-electron chi connectivity index (χ4n) is 3.87. The number of carbonyl (C=O) groups is 2. The molecule has 0 bridgehead atoms. The van der Waals surface area contributed by atoms with E-state index in [0.717, 1.165) is 22.3 Å². The Morgan fingerprint density at radius 3 is 0.800 bits per heavy atom. The molecule has 0 amide bonds. The van der Waals surface area contributed by atoms with Gasteiger partial charge in [0.2, 0.25) is 0 Å². The first-order valence-corrected chi connectivity index (χ1v) is 12.4. The van der Waals surface area contributed by atoms with E-state index in [2.05, 4.69) is 23.7 Å². The van der Waals surface area contributed by atoms with E-state index in [9.17, 15) is 18.4 Å². The number of ketones is 2. The van der Waals surface area contributed by atoms with Crippen LogP contribution in [-0.2, 0) is 0 Å². The molecule has 0 fully saturated rings. The van der Waals surface area contributed by atoms with E-state index < -0.39 is 0 Å². The van der Waals surface area contributed by atoms with Gasteiger partial charge in [-0.15, -0.1) is 0 Å². The van der Waals surface area contributed by atoms with Crippen LogP contribution in [0, 0.1) is 35.3 Å². The molecule has 0 unspecified atom stereocenters. The summed E-state index contributed by atoms with van der Waals surface area (Å²) in [5.74, 6) is 11.3. The molecule has 40 heavy (non-hydrogen) atoms. The highest BCUT2D eigenvalue weighted by Crippen LogP contribution is 2.14. The van der Waals surface area contributed by atoms with Crippen molar-refractivity contribution in [2.75, 3.05) is 0 Å². The van der Waals surface area contributed by atoms with Crippen LogP contribution >= 0.6 is 0 Å². The maximum absolute atomic E-state index is 13.1. The third kappa shape index (κ3) is 6.45. The lowest BCUT2D eigenvalue weighted by atomic mass is 10.0. The van der Waals surface area contributed by atoms with E-state index in [-0.39, 0.29) is 23.2 Å². The molecule has 5 aromatic rings. The van der Waals surface area contributed by atoms with E-state index in [4.69, 9.17) is 0 Å². The summed E-state index contributed by atoms with van der Waals surface area (Å²) in [5, 5.41) is 0. The highest BCUT2D eigenvalue weighted by Gasteiger charge is 2.09. The summed E-state index contributed by atoms with van der Waals surface area (Å²) in [4.78, 5) is 25.1. The van der Waals surface area contributed by atoms with Crippen molar-refractivity contribution in [2.24, 2.45) is 0 Å². The minimum atomic E-state index is -0.383. The predicted octanol–water partition coefficient (Wildman–Crippen LogP) is 7.23. The molecule has 0 N–H and O–H groups in total. The van der Waals surface area contributed by atoms with Crippen LogP contribution in [0.15, 0.2) is 121 Å². The second-order valence-corrected chi connectivity index (χ2v) is 8.90. The van der Waals surface area contributed by atoms with Gasteiger partial charge in [-0.05, 0) is 121 Å². The first-order valence-electron chi connectivity index (χ1n) is 12.4. The van der Waals surface area contributed by atoms with Crippen LogP contribution in [0.4, 0.5) is 8.78 Å². The molecule has 0 atom stereocenters. The van der Waals surface area contributed by atoms with Gasteiger partial charge < -0.3 is 0 Å². The van der Waals surface area contributed by atoms with Gasteiger partial charge in [0.1, 0.15) is 11.6 Å². The van der Waals surface area contributed by atoms with E-state index >= 15 is 0 Å². The molecule has 0 aliphatic heterocycles. The topological polar surface area (TPSA) is 34.1 Å². The van der Waals surface area contributed by atoms with Crippen LogP contribution in [0.1, 0.15) is 54.1 Å². The van der Waals surface area contributed by atoms with Crippen LogP contribution in [-0.4, -0.2) is 11.6 Å². The van der Waals surface area contributed by atoms with Gasteiger partial charge >= 0.3 is 0 Å². The zero-order valence-electron chi connectivity index (χ0n) is 21.1. The molecule has 5 rings (SSSR count). The summed E-state index contributed by atoms with van der Waals surface area (Å²) >= 11 is 0. The summed E-state index contributed by atoms with van der Waals surface area (Å²) in [7, 11) is 0. The Bertz CT molecular complexity index is 1660. The smallest absolute Gasteiger partial charge is 0.193 e. The second kappa shape index (κ2) is 11.9. The van der Waals surface area contributed by atoms with Gasteiger partial charge in [-0.3, -0.25) is 9.59 Å². The van der Waals surface area contributed by atoms with Crippen molar-refractivity contribution in [2.45, 2.75) is 0 Å². The number of halogens is 2. The van der Waals surface area contributed by atoms with Gasteiger partial charge in [-0.25, -0.2) is 8.78 Å². The maximum Gasteiger partial charge on any atom is 0.193 e. The summed E-state index contributed by atoms with van der Waals surface area (Å²) in [6.45, 7) is 0. The van der Waals surface area contributed by atoms with Crippen molar-refractivity contribution < 1.29 is 18.4 Å². The molecule has 0 spiro atoms. The highest BCUT2D eigenvalue weighted by molar-refractivity contribution is 6.09. The lowest BCUT2D eigenvalue weighted by Gasteiger charge is -2.01. The van der Waals surface area contributed by atoms with E-state index in [1.807, 2.05) is 24.3 Å². The standard InChI is InChI=1S/C36H20F2O2/c37-33-21-17-31(18-22-33)35(39)29-13-9-27(10-14-29)7-5-25-1-2-26(4-3-25)6-8-28-11-15-30(16-12-28)36(40)32-19-23-34(38)24-20-32/h1-4,9-24H. The first kappa shape index (κ1) is 26.0. The molecule has 2 nitrogen and oxygen atoms in total. The molecule has 0 aromatic heterocycles. The highest BCUT2D eigenvalue weighted by atomic mass is 19.1. The minimum Gasteiger partial charge on any atom is -0.289 e. The number of rotatable bonds is 4. The number of carbonyl (C=O) groups excluding carboxylic acids is 2. The molecule has 0 saturated heterocycles. The van der Waals surface area contributed by atoms with Crippen molar-refractivity contribution in [1.29, 1.82) is 0 Å². The molecule has 0 saturated carbocycles. The Morgan fingerprint density at radius 1 is 0.350 bits per heavy atom. The second-order valence-electron chi connectivity index (χ2n) is 8.90. The summed E-state index contributed by atoms with van der Waals surface area (Å²) in [6, 6.07) is 32.4. The Balaban J connectivity index is 1.20. The molecular weight excluding hydrogens is 502 g/mol. The molecule has 4 heteroatoms. The summed E-state index contributed by atoms with van der Waals surface area (Å²) in [5.41, 5.74) is 5.04. The van der Waals surface area contributed by atoms with Crippen LogP contribution in [0.25, 0.3) is 0 Å². The van der Waals surface area contributed by atoms with E-state index in [1.165, 1.54) is 48.5 Å². The Morgan fingerprint density at radius 2 is 0.550 bits per heavy atom. The zero-order chi connectivity index (χ0) is 27.9. The SMILES string of the molecule is O=C(c1ccc(F)cc1)c1ccc(C#Cc2ccc(C#Cc3ccc(C(=O)c4ccc(F)cc4)cc3)cc2)cc1. The zero-order valence-corrected chi connectivity index (χ0v) is 21.1. The van der Waals surface area contributed by atoms with E-state index in [0.29, 0.717) is 22.3 Å². The largest absolute Gasteiger partial charge is 0.289 e. The lowest BCUT2D eigenvalue weighted by molar-refractivity contribution is 0.103.